The van der Waals surface area contributed by atoms with Crippen LogP contribution in [0.1, 0.15) is 34.6 Å². The van der Waals surface area contributed by atoms with Crippen LogP contribution in [0, 0.1) is 0 Å². The number of hydrogen-bond acceptors (Lipinski definition) is 50. The van der Waals surface area contributed by atoms with Crippen LogP contribution in [0.5, 0.6) is 0 Å². The molecule has 9 fully saturated rings. The average Bonchev–Trinajstić information content (AvgIpc) is 0.834. The molecule has 0 aromatic carbocycles. The number of rotatable bonds is 35. The van der Waals surface area contributed by atoms with Gasteiger partial charge in [-0.05, 0) is 6.92 Å². The van der Waals surface area contributed by atoms with Crippen LogP contribution in [0.2, 0.25) is 0 Å². The van der Waals surface area contributed by atoms with Gasteiger partial charge in [-0.2, -0.15) is 0 Å². The molecular formula is C68H116N4O50. The minimum Gasteiger partial charge on any atom is -0.394 e. The molecule has 9 heterocycles. The molecule has 9 aliphatic heterocycles. The first-order chi connectivity index (χ1) is 57.6. The molecule has 49 atom stereocenters. The summed E-state index contributed by atoms with van der Waals surface area (Å²) in [5, 5.41) is 320. The van der Waals surface area contributed by atoms with Crippen LogP contribution < -0.4 is 21.3 Å². The van der Waals surface area contributed by atoms with Gasteiger partial charge in [-0.25, -0.2) is 0 Å². The third kappa shape index (κ3) is 23.2. The van der Waals surface area contributed by atoms with Crippen LogP contribution in [0.25, 0.3) is 0 Å². The van der Waals surface area contributed by atoms with Crippen molar-refractivity contribution in [1.29, 1.82) is 0 Å². The van der Waals surface area contributed by atoms with Gasteiger partial charge in [0.15, 0.2) is 56.6 Å². The Labute approximate surface area is 691 Å². The van der Waals surface area contributed by atoms with E-state index in [1.165, 1.54) is 6.92 Å². The van der Waals surface area contributed by atoms with E-state index >= 15 is 0 Å². The van der Waals surface area contributed by atoms with Crippen LogP contribution in [-0.4, -0.2) is 533 Å². The number of carbonyl (C=O) groups excluding carboxylic acids is 4. The molecule has 9 aliphatic rings. The van der Waals surface area contributed by atoms with Crippen LogP contribution >= 0.6 is 0 Å². The fourth-order valence-corrected chi connectivity index (χ4v) is 15.3. The van der Waals surface area contributed by atoms with Crippen molar-refractivity contribution in [3.05, 3.63) is 0 Å². The third-order valence-electron chi connectivity index (χ3n) is 22.1. The first-order valence-electron chi connectivity index (χ1n) is 38.9. The van der Waals surface area contributed by atoms with Crippen molar-refractivity contribution in [2.75, 3.05) is 66.1 Å². The van der Waals surface area contributed by atoms with Crippen LogP contribution in [-0.2, 0) is 104 Å². The predicted octanol–water partition coefficient (Wildman–Crippen LogP) is -21.6. The summed E-state index contributed by atoms with van der Waals surface area (Å²) in [6.45, 7) is -6.03. The minimum atomic E-state index is -2.54. The summed E-state index contributed by atoms with van der Waals surface area (Å²) < 4.78 is 106. The predicted molar refractivity (Wildman–Crippen MR) is 377 cm³/mol. The lowest BCUT2D eigenvalue weighted by Gasteiger charge is -2.50. The smallest absolute Gasteiger partial charge is 0.217 e. The molecule has 0 aliphatic carbocycles. The molecule has 32 N–H and O–H groups in total. The van der Waals surface area contributed by atoms with Crippen molar-refractivity contribution in [3.63, 3.8) is 0 Å². The summed E-state index contributed by atoms with van der Waals surface area (Å²) in [6, 6.07) is -7.61. The van der Waals surface area contributed by atoms with Gasteiger partial charge in [0.05, 0.1) is 78.2 Å². The highest BCUT2D eigenvalue weighted by Gasteiger charge is 2.60. The van der Waals surface area contributed by atoms with E-state index in [0.717, 1.165) is 27.7 Å². The van der Waals surface area contributed by atoms with Crippen LogP contribution in [0.3, 0.4) is 0 Å². The number of carbonyl (C=O) groups is 4. The van der Waals surface area contributed by atoms with E-state index in [1.54, 1.807) is 0 Å². The van der Waals surface area contributed by atoms with Gasteiger partial charge < -0.3 is 250 Å². The third-order valence-corrected chi connectivity index (χ3v) is 22.1. The topological polar surface area (TPSA) is 849 Å². The standard InChI is InChI=1S/C68H116N4O50/c1-16-34(85)44(95)49(100)63(108-16)105-13-22(84)54(35(86)21(6-73)69-17(2)80)117-61-32(71-19(4)82)42(93)57(28(12-79)113-61)120-67-53(104)58(121-66-52(103)47(98)38(89)25(9-76)111-66)40(91)30(115-67)15-107-68-59(122-62-33(72-20(5)83)43(94)56(27(11-78)114-62)119-65-51(102)46(97)37(88)24(8-75)110-65)48(99)39(90)29(116-68)14-106-60-31(70-18(3)81)41(92)55(26(10-77)112-60)118-64-50(101)45(96)36(87)23(7-74)109-64/h16,21-68,73-79,84-104H,6-15H2,1-5H3,(H,69,80)(H,70,81)(H,71,82)(H,72,83)/t16-,21-,22+,23+,24+,25+,26+,27+,28+,29+,30+,31+,32+,33+,34+,35+,36-,37-,38+,39+,40+,41+,42+,43+,44+,45-,46-,47-,48-,49-,50+,51+,52-,53-,54+,55+,56+,57+,58-,59-,60+,61-,62-,63+,64-,65-,66+,67-,68-/m0/s1. The molecular weight excluding hydrogens is 1670 g/mol. The Morgan fingerprint density at radius 1 is 0.303 bits per heavy atom. The summed E-state index contributed by atoms with van der Waals surface area (Å²) in [5.74, 6) is -3.77. The molecule has 54 heteroatoms. The van der Waals surface area contributed by atoms with E-state index in [0.29, 0.717) is 0 Å². The average molecular weight is 1790 g/mol. The molecule has 0 radical (unpaired) electrons. The Morgan fingerprint density at radius 2 is 0.631 bits per heavy atom. The van der Waals surface area contributed by atoms with Crippen LogP contribution in [0.15, 0.2) is 0 Å². The molecule has 0 aromatic rings. The highest BCUT2D eigenvalue weighted by molar-refractivity contribution is 5.74. The van der Waals surface area contributed by atoms with Crippen molar-refractivity contribution in [2.45, 2.75) is 335 Å². The summed E-state index contributed by atoms with van der Waals surface area (Å²) >= 11 is 0. The maximum atomic E-state index is 13.2. The number of ether oxygens (including phenoxy) is 18. The molecule has 0 aromatic heterocycles. The second kappa shape index (κ2) is 45.0. The zero-order chi connectivity index (χ0) is 90.2. The van der Waals surface area contributed by atoms with E-state index < -0.39 is 390 Å². The zero-order valence-electron chi connectivity index (χ0n) is 65.9. The monoisotopic (exact) mass is 1790 g/mol. The lowest BCUT2D eigenvalue weighted by atomic mass is 9.94. The summed E-state index contributed by atoms with van der Waals surface area (Å²) in [7, 11) is 0. The van der Waals surface area contributed by atoms with Crippen molar-refractivity contribution in [1.82, 2.24) is 21.3 Å². The molecule has 9 saturated heterocycles. The van der Waals surface area contributed by atoms with Gasteiger partial charge in [0.2, 0.25) is 23.6 Å². The Bertz CT molecular complexity index is 3230. The van der Waals surface area contributed by atoms with Gasteiger partial charge in [-0.1, -0.05) is 0 Å². The largest absolute Gasteiger partial charge is 0.394 e. The van der Waals surface area contributed by atoms with Gasteiger partial charge in [0.25, 0.3) is 0 Å². The van der Waals surface area contributed by atoms with Crippen molar-refractivity contribution < 1.29 is 247 Å². The summed E-state index contributed by atoms with van der Waals surface area (Å²) in [5.41, 5.74) is 0. The molecule has 0 bridgehead atoms. The van der Waals surface area contributed by atoms with E-state index in [9.17, 15) is 162 Å². The molecule has 122 heavy (non-hydrogen) atoms. The van der Waals surface area contributed by atoms with Crippen LogP contribution in [0.4, 0.5) is 0 Å². The number of aliphatic hydroxyl groups is 28. The van der Waals surface area contributed by atoms with Gasteiger partial charge in [0, 0.05) is 27.7 Å². The van der Waals surface area contributed by atoms with E-state index in [2.05, 4.69) is 21.3 Å². The van der Waals surface area contributed by atoms with Crippen molar-refractivity contribution >= 4 is 23.6 Å². The highest BCUT2D eigenvalue weighted by Crippen LogP contribution is 2.39. The van der Waals surface area contributed by atoms with E-state index in [4.69, 9.17) is 85.3 Å². The first kappa shape index (κ1) is 102. The fourth-order valence-electron chi connectivity index (χ4n) is 15.3. The normalized spacial score (nSPS) is 47.0. The molecule has 9 rings (SSSR count). The lowest BCUT2D eigenvalue weighted by molar-refractivity contribution is -0.389. The first-order valence-corrected chi connectivity index (χ1v) is 38.9. The lowest BCUT2D eigenvalue weighted by Crippen LogP contribution is -2.70. The van der Waals surface area contributed by atoms with Gasteiger partial charge in [-0.3, -0.25) is 19.2 Å². The Hall–Kier alpha value is -3.96. The second-order valence-electron chi connectivity index (χ2n) is 30.8. The minimum absolute atomic E-state index is 0.861. The van der Waals surface area contributed by atoms with E-state index in [1.807, 2.05) is 0 Å². The highest BCUT2D eigenvalue weighted by atomic mass is 16.8. The summed E-state index contributed by atoms with van der Waals surface area (Å²) in [4.78, 5) is 51.4. The summed E-state index contributed by atoms with van der Waals surface area (Å²) in [6.07, 6.45) is -93.7. The fraction of sp³-hybridized carbons (Fsp3) is 0.941. The number of nitrogens with one attached hydrogen (secondary N) is 4. The zero-order valence-corrected chi connectivity index (χ0v) is 65.9. The van der Waals surface area contributed by atoms with Gasteiger partial charge in [-0.15, -0.1) is 0 Å². The molecule has 0 spiro atoms. The number of amides is 4. The Morgan fingerprint density at radius 3 is 1.05 bits per heavy atom. The second-order valence-corrected chi connectivity index (χ2v) is 30.8. The van der Waals surface area contributed by atoms with Gasteiger partial charge in [0.1, 0.15) is 232 Å². The van der Waals surface area contributed by atoms with Gasteiger partial charge >= 0.3 is 0 Å². The number of aliphatic hydroxyl groups excluding tert-OH is 28. The molecule has 4 amide bonds. The molecule has 54 nitrogen and oxygen atoms in total. The molecule has 708 valence electrons. The van der Waals surface area contributed by atoms with Crippen molar-refractivity contribution in [2.24, 2.45) is 0 Å². The van der Waals surface area contributed by atoms with E-state index in [-0.39, 0.29) is 0 Å². The number of hydrogen-bond donors (Lipinski definition) is 32. The Kier molecular flexibility index (Phi) is 37.6. The maximum Gasteiger partial charge on any atom is 0.217 e. The quantitative estimate of drug-likeness (QED) is 0.0280. The van der Waals surface area contributed by atoms with Crippen molar-refractivity contribution in [3.8, 4) is 0 Å². The SMILES string of the molecule is CC(=O)N[C@H]1[C@H](O[C@@H]([C@H](O)[C@H](CO)NC(C)=O)[C@H](O)CO[C@@H]2O[C@@H](C)[C@@H](O)[C@@H](O)[C@@H]2O)O[C@H](CO)[C@@H](O[C@@H]2O[C@H](CO[C@H]3O[C@H](CO[C@@H]4O[C@H](CO)[C@@H](O[C@@H]5O[C@H](CO)[C@H](O)[C@H](O)[C@H]5O)[C@H](O)[C@H]4NC(C)=O)[C@@H](O)[C@H](O)[C@@H]3O[C@@H]3O[C@H](CO)[C@@H](O[C@@H]4O[C@H](CO)[C@H](O)[C@H](O)[C@H]4O)[C@H](O)[C@H]3NC(C)=O)[C@@H](O)[C@H](O[C@H]3O[C@H](CO)[C@@H](O)[C@H](O)[C@@H]3O)[C@@H]2O)[C@@H]1O. The molecule has 0 saturated carbocycles. The molecule has 0 unspecified atom stereocenters. The maximum absolute atomic E-state index is 13.2. The Balaban J connectivity index is 1.05.